The van der Waals surface area contributed by atoms with Gasteiger partial charge in [0, 0.05) is 18.7 Å². The molecule has 0 bridgehead atoms. The lowest BCUT2D eigenvalue weighted by molar-refractivity contribution is -0.121. The first-order valence-electron chi connectivity index (χ1n) is 10.7. The normalized spacial score (nSPS) is 11.0. The molecule has 4 N–H and O–H groups in total. The third-order valence-electron chi connectivity index (χ3n) is 5.00. The van der Waals surface area contributed by atoms with E-state index in [9.17, 15) is 18.0 Å². The van der Waals surface area contributed by atoms with Crippen LogP contribution >= 0.6 is 0 Å². The van der Waals surface area contributed by atoms with E-state index in [0.29, 0.717) is 31.7 Å². The Morgan fingerprint density at radius 1 is 0.824 bits per heavy atom. The van der Waals surface area contributed by atoms with Crippen LogP contribution in [0.1, 0.15) is 27.9 Å². The van der Waals surface area contributed by atoms with Crippen molar-refractivity contribution in [1.29, 1.82) is 0 Å². The maximum absolute atomic E-state index is 12.3. The molecule has 178 valence electrons. The van der Waals surface area contributed by atoms with Gasteiger partial charge >= 0.3 is 0 Å². The summed E-state index contributed by atoms with van der Waals surface area (Å²) >= 11 is 0. The van der Waals surface area contributed by atoms with Crippen LogP contribution in [-0.4, -0.2) is 33.4 Å². The van der Waals surface area contributed by atoms with Gasteiger partial charge in [0.05, 0.1) is 17.9 Å². The molecule has 3 aromatic rings. The summed E-state index contributed by atoms with van der Waals surface area (Å²) in [7, 11) is -3.72. The first-order valence-corrected chi connectivity index (χ1v) is 12.3. The summed E-state index contributed by atoms with van der Waals surface area (Å²) < 4.78 is 28.1. The molecule has 8 nitrogen and oxygen atoms in total. The molecule has 3 aromatic carbocycles. The molecule has 0 saturated heterocycles. The van der Waals surface area contributed by atoms with Crippen molar-refractivity contribution in [1.82, 2.24) is 10.6 Å². The third kappa shape index (κ3) is 8.02. The highest BCUT2D eigenvalue weighted by Crippen LogP contribution is 2.10. The molecule has 0 aliphatic heterocycles. The van der Waals surface area contributed by atoms with Crippen LogP contribution in [0, 0.1) is 0 Å². The first-order chi connectivity index (χ1) is 16.3. The third-order valence-corrected chi connectivity index (χ3v) is 5.93. The van der Waals surface area contributed by atoms with Gasteiger partial charge in [-0.15, -0.1) is 0 Å². The van der Waals surface area contributed by atoms with Crippen molar-refractivity contribution in [2.24, 2.45) is 5.14 Å². The average Bonchev–Trinajstić information content (AvgIpc) is 2.83. The van der Waals surface area contributed by atoms with Crippen molar-refractivity contribution in [3.05, 3.63) is 95.6 Å². The minimum Gasteiger partial charge on any atom is -0.493 e. The van der Waals surface area contributed by atoms with Crippen LogP contribution < -0.4 is 20.5 Å². The van der Waals surface area contributed by atoms with E-state index in [1.807, 2.05) is 30.3 Å². The molecule has 0 atom stereocenters. The second-order valence-corrected chi connectivity index (χ2v) is 9.14. The second-order valence-electron chi connectivity index (χ2n) is 7.58. The SMILES string of the molecule is NS(=O)(=O)c1ccc(CCNC(=O)c2ccc(CNC(=O)CCOc3ccccc3)cc2)cc1. The summed E-state index contributed by atoms with van der Waals surface area (Å²) in [5.41, 5.74) is 2.27. The number of amides is 2. The maximum atomic E-state index is 12.3. The van der Waals surface area contributed by atoms with E-state index >= 15 is 0 Å². The summed E-state index contributed by atoms with van der Waals surface area (Å²) in [5, 5.41) is 10.8. The van der Waals surface area contributed by atoms with Gasteiger partial charge in [0.2, 0.25) is 15.9 Å². The van der Waals surface area contributed by atoms with Gasteiger partial charge in [-0.1, -0.05) is 42.5 Å². The molecule has 0 saturated carbocycles. The molecule has 0 aromatic heterocycles. The lowest BCUT2D eigenvalue weighted by Gasteiger charge is -2.09. The van der Waals surface area contributed by atoms with Crippen LogP contribution in [0.25, 0.3) is 0 Å². The van der Waals surface area contributed by atoms with Crippen LogP contribution in [0.5, 0.6) is 5.75 Å². The Hall–Kier alpha value is -3.69. The molecule has 0 aliphatic rings. The van der Waals surface area contributed by atoms with Gasteiger partial charge in [-0.2, -0.15) is 0 Å². The van der Waals surface area contributed by atoms with Gasteiger partial charge in [-0.3, -0.25) is 9.59 Å². The number of hydrogen-bond acceptors (Lipinski definition) is 5. The van der Waals surface area contributed by atoms with E-state index in [-0.39, 0.29) is 23.1 Å². The lowest BCUT2D eigenvalue weighted by Crippen LogP contribution is -2.26. The highest BCUT2D eigenvalue weighted by atomic mass is 32.2. The van der Waals surface area contributed by atoms with E-state index in [1.165, 1.54) is 12.1 Å². The van der Waals surface area contributed by atoms with Crippen molar-refractivity contribution in [2.45, 2.75) is 24.3 Å². The number of benzene rings is 3. The zero-order valence-corrected chi connectivity index (χ0v) is 19.4. The van der Waals surface area contributed by atoms with Crippen LogP contribution in [0.3, 0.4) is 0 Å². The zero-order valence-electron chi connectivity index (χ0n) is 18.6. The molecule has 34 heavy (non-hydrogen) atoms. The smallest absolute Gasteiger partial charge is 0.251 e. The fraction of sp³-hybridized carbons (Fsp3) is 0.200. The van der Waals surface area contributed by atoms with Gasteiger partial charge in [0.25, 0.3) is 5.91 Å². The Morgan fingerprint density at radius 2 is 1.47 bits per heavy atom. The first kappa shape index (κ1) is 24.9. The van der Waals surface area contributed by atoms with Crippen LogP contribution in [0.4, 0.5) is 0 Å². The number of sulfonamides is 1. The molecule has 0 radical (unpaired) electrons. The largest absolute Gasteiger partial charge is 0.493 e. The zero-order chi connectivity index (χ0) is 24.4. The Balaban J connectivity index is 1.37. The minimum atomic E-state index is -3.72. The monoisotopic (exact) mass is 481 g/mol. The molecule has 3 rings (SSSR count). The molecule has 0 fully saturated rings. The molecule has 0 spiro atoms. The van der Waals surface area contributed by atoms with Gasteiger partial charge in [-0.05, 0) is 53.9 Å². The fourth-order valence-corrected chi connectivity index (χ4v) is 3.62. The number of primary sulfonamides is 1. The average molecular weight is 482 g/mol. The Bertz CT molecular complexity index is 1200. The van der Waals surface area contributed by atoms with Crippen molar-refractivity contribution in [2.75, 3.05) is 13.2 Å². The van der Waals surface area contributed by atoms with Gasteiger partial charge < -0.3 is 15.4 Å². The van der Waals surface area contributed by atoms with Gasteiger partial charge in [0.1, 0.15) is 5.75 Å². The summed E-state index contributed by atoms with van der Waals surface area (Å²) in [4.78, 5) is 24.4. The number of carbonyl (C=O) groups is 2. The van der Waals surface area contributed by atoms with Crippen molar-refractivity contribution >= 4 is 21.8 Å². The highest BCUT2D eigenvalue weighted by Gasteiger charge is 2.08. The van der Waals surface area contributed by atoms with E-state index in [4.69, 9.17) is 9.88 Å². The van der Waals surface area contributed by atoms with Gasteiger partial charge in [0.15, 0.2) is 0 Å². The predicted octanol–water partition coefficient (Wildman–Crippen LogP) is 2.39. The standard InChI is InChI=1S/C25H27N3O5S/c26-34(31,32)23-12-8-19(9-13-23)14-16-27-25(30)21-10-6-20(7-11-21)18-28-24(29)15-17-33-22-4-2-1-3-5-22/h1-13H,14-18H2,(H,27,30)(H,28,29)(H2,26,31,32). The van der Waals surface area contributed by atoms with Crippen LogP contribution in [-0.2, 0) is 27.8 Å². The summed E-state index contributed by atoms with van der Waals surface area (Å²) in [5.74, 6) is 0.397. The predicted molar refractivity (Wildman–Crippen MR) is 129 cm³/mol. The Kier molecular flexibility index (Phi) is 8.78. The fourth-order valence-electron chi connectivity index (χ4n) is 3.11. The van der Waals surface area contributed by atoms with E-state index in [2.05, 4.69) is 10.6 Å². The Labute approximate surface area is 199 Å². The van der Waals surface area contributed by atoms with Crippen molar-refractivity contribution in [3.8, 4) is 5.75 Å². The number of nitrogens with two attached hydrogens (primary N) is 1. The summed E-state index contributed by atoms with van der Waals surface area (Å²) in [6.45, 7) is 1.06. The van der Waals surface area contributed by atoms with Gasteiger partial charge in [-0.25, -0.2) is 13.6 Å². The number of carbonyl (C=O) groups excluding carboxylic acids is 2. The molecular weight excluding hydrogens is 454 g/mol. The number of para-hydroxylation sites is 1. The number of rotatable bonds is 11. The molecule has 9 heteroatoms. The molecule has 0 aliphatic carbocycles. The molecule has 0 heterocycles. The summed E-state index contributed by atoms with van der Waals surface area (Å²) in [6, 6.07) is 22.5. The topological polar surface area (TPSA) is 128 Å². The summed E-state index contributed by atoms with van der Waals surface area (Å²) in [6.07, 6.45) is 0.800. The van der Waals surface area contributed by atoms with Crippen LogP contribution in [0.2, 0.25) is 0 Å². The lowest BCUT2D eigenvalue weighted by atomic mass is 10.1. The van der Waals surface area contributed by atoms with Crippen molar-refractivity contribution in [3.63, 3.8) is 0 Å². The van der Waals surface area contributed by atoms with E-state index < -0.39 is 10.0 Å². The quantitative estimate of drug-likeness (QED) is 0.388. The van der Waals surface area contributed by atoms with Crippen LogP contribution in [0.15, 0.2) is 83.8 Å². The highest BCUT2D eigenvalue weighted by molar-refractivity contribution is 7.89. The van der Waals surface area contributed by atoms with E-state index in [0.717, 1.165) is 16.9 Å². The number of nitrogens with one attached hydrogen (secondary N) is 2. The molecular formula is C25H27N3O5S. The Morgan fingerprint density at radius 3 is 2.12 bits per heavy atom. The number of ether oxygens (including phenoxy) is 1. The molecule has 0 unspecified atom stereocenters. The van der Waals surface area contributed by atoms with Crippen molar-refractivity contribution < 1.29 is 22.7 Å². The molecule has 2 amide bonds. The maximum Gasteiger partial charge on any atom is 0.251 e. The number of hydrogen-bond donors (Lipinski definition) is 3. The van der Waals surface area contributed by atoms with E-state index in [1.54, 1.807) is 36.4 Å². The second kappa shape index (κ2) is 12.0. The minimum absolute atomic E-state index is 0.0529.